The molecule has 6 nitrogen and oxygen atoms in total. The van der Waals surface area contributed by atoms with Crippen LogP contribution >= 0.6 is 0 Å². The van der Waals surface area contributed by atoms with Gasteiger partial charge in [0.15, 0.2) is 11.7 Å². The van der Waals surface area contributed by atoms with Gasteiger partial charge < -0.3 is 14.5 Å². The summed E-state index contributed by atoms with van der Waals surface area (Å²) in [6.07, 6.45) is 7.23. The number of carbonyl (C=O) groups excluding carboxylic acids is 1. The molecule has 34 heavy (non-hydrogen) atoms. The molecule has 0 fully saturated rings. The Bertz CT molecular complexity index is 1230. The quantitative estimate of drug-likeness (QED) is 0.607. The van der Waals surface area contributed by atoms with Crippen LogP contribution in [0.1, 0.15) is 80.5 Å². The van der Waals surface area contributed by atoms with E-state index >= 15 is 0 Å². The molecule has 6 heteroatoms. The van der Waals surface area contributed by atoms with Crippen molar-refractivity contribution >= 4 is 23.5 Å². The van der Waals surface area contributed by atoms with Gasteiger partial charge in [0.05, 0.1) is 6.61 Å². The Hall–Kier alpha value is -3.41. The number of benzene rings is 1. The van der Waals surface area contributed by atoms with E-state index in [4.69, 9.17) is 14.1 Å². The number of ether oxygens (including phenoxy) is 1. The molecule has 1 unspecified atom stereocenters. The van der Waals surface area contributed by atoms with Crippen molar-refractivity contribution in [3.63, 3.8) is 0 Å². The lowest BCUT2D eigenvalue weighted by Crippen LogP contribution is -2.40. The number of hydrogen-bond donors (Lipinski definition) is 1. The zero-order valence-corrected chi connectivity index (χ0v) is 20.9. The van der Waals surface area contributed by atoms with Gasteiger partial charge in [-0.1, -0.05) is 49.8 Å². The summed E-state index contributed by atoms with van der Waals surface area (Å²) in [6.45, 7) is 12.7. The van der Waals surface area contributed by atoms with Gasteiger partial charge in [-0.15, -0.1) is 0 Å². The Kier molecular flexibility index (Phi) is 6.87. The summed E-state index contributed by atoms with van der Waals surface area (Å²) in [6, 6.07) is 6.03. The largest absolute Gasteiger partial charge is 0.479 e. The number of rotatable bonds is 5. The van der Waals surface area contributed by atoms with E-state index in [9.17, 15) is 4.79 Å². The maximum absolute atomic E-state index is 13.3. The van der Waals surface area contributed by atoms with E-state index < -0.39 is 0 Å². The fourth-order valence-electron chi connectivity index (χ4n) is 4.18. The number of aryl methyl sites for hydroxylation is 2. The first kappa shape index (κ1) is 23.7. The molecule has 2 aliphatic rings. The van der Waals surface area contributed by atoms with Gasteiger partial charge in [0.25, 0.3) is 0 Å². The van der Waals surface area contributed by atoms with E-state index in [2.05, 4.69) is 62.3 Å². The lowest BCUT2D eigenvalue weighted by Gasteiger charge is -2.17. The predicted octanol–water partition coefficient (Wildman–Crippen LogP) is 5.86. The molecule has 0 bridgehead atoms. The van der Waals surface area contributed by atoms with Crippen LogP contribution < -0.4 is 5.32 Å². The summed E-state index contributed by atoms with van der Waals surface area (Å²) in [5, 5.41) is 3.05. The first-order valence-electron chi connectivity index (χ1n) is 11.9. The molecule has 4 rings (SSSR count). The average molecular weight is 460 g/mol. The topological polar surface area (TPSA) is 76.7 Å². The van der Waals surface area contributed by atoms with Crippen LogP contribution in [0.3, 0.4) is 0 Å². The molecule has 178 valence electrons. The molecule has 1 aliphatic carbocycles. The van der Waals surface area contributed by atoms with E-state index in [0.717, 1.165) is 28.8 Å². The number of fused-ring (bicyclic) bond motifs is 1. The minimum Gasteiger partial charge on any atom is -0.479 e. The molecular formula is C28H33N3O3. The van der Waals surface area contributed by atoms with Gasteiger partial charge >= 0.3 is 0 Å². The number of carbonyl (C=O) groups is 1. The molecule has 1 amide bonds. The van der Waals surface area contributed by atoms with Crippen LogP contribution in [0.5, 0.6) is 0 Å². The number of oxazole rings is 1. The fourth-order valence-corrected chi connectivity index (χ4v) is 4.18. The second kappa shape index (κ2) is 9.84. The Morgan fingerprint density at radius 1 is 1.12 bits per heavy atom. The van der Waals surface area contributed by atoms with Gasteiger partial charge in [-0.2, -0.15) is 0 Å². The minimum atomic E-state index is -0.344. The first-order chi connectivity index (χ1) is 16.2. The number of aliphatic imine (C=N–C) groups is 1. The minimum absolute atomic E-state index is 0.139. The van der Waals surface area contributed by atoms with E-state index in [0.29, 0.717) is 41.8 Å². The van der Waals surface area contributed by atoms with Crippen LogP contribution in [-0.4, -0.2) is 29.4 Å². The lowest BCUT2D eigenvalue weighted by molar-refractivity contribution is -0.117. The van der Waals surface area contributed by atoms with Gasteiger partial charge in [-0.05, 0) is 51.3 Å². The Morgan fingerprint density at radius 2 is 1.91 bits per heavy atom. The van der Waals surface area contributed by atoms with Gasteiger partial charge in [0.2, 0.25) is 11.8 Å². The van der Waals surface area contributed by atoms with Gasteiger partial charge in [0.1, 0.15) is 11.7 Å². The van der Waals surface area contributed by atoms with Crippen molar-refractivity contribution in [3.8, 4) is 0 Å². The van der Waals surface area contributed by atoms with E-state index in [1.54, 1.807) is 0 Å². The molecule has 0 spiro atoms. The van der Waals surface area contributed by atoms with E-state index in [1.807, 2.05) is 26.0 Å². The van der Waals surface area contributed by atoms with Crippen molar-refractivity contribution in [2.24, 2.45) is 4.99 Å². The average Bonchev–Trinajstić information content (AvgIpc) is 2.95. The maximum Gasteiger partial charge on any atom is 0.248 e. The van der Waals surface area contributed by atoms with E-state index in [1.165, 1.54) is 5.56 Å². The first-order valence-corrected chi connectivity index (χ1v) is 11.9. The van der Waals surface area contributed by atoms with Crippen LogP contribution in [0.2, 0.25) is 0 Å². The zero-order valence-electron chi connectivity index (χ0n) is 20.9. The van der Waals surface area contributed by atoms with Crippen LogP contribution in [0, 0.1) is 13.8 Å². The van der Waals surface area contributed by atoms with Crippen molar-refractivity contribution in [1.82, 2.24) is 10.3 Å². The highest BCUT2D eigenvalue weighted by Gasteiger charge is 2.25. The van der Waals surface area contributed by atoms with Crippen molar-refractivity contribution < 1.29 is 13.9 Å². The monoisotopic (exact) mass is 459 g/mol. The molecule has 2 heterocycles. The second-order valence-electron chi connectivity index (χ2n) is 9.36. The highest BCUT2D eigenvalue weighted by atomic mass is 16.5. The van der Waals surface area contributed by atoms with Gasteiger partial charge in [-0.25, -0.2) is 9.98 Å². The van der Waals surface area contributed by atoms with Crippen molar-refractivity contribution in [2.45, 2.75) is 66.3 Å². The summed E-state index contributed by atoms with van der Waals surface area (Å²) in [7, 11) is 0. The number of nitrogens with zero attached hydrogens (tertiary/aromatic N) is 2. The molecule has 0 radical (unpaired) electrons. The van der Waals surface area contributed by atoms with Crippen molar-refractivity contribution in [3.05, 3.63) is 75.7 Å². The molecule has 1 aromatic heterocycles. The Morgan fingerprint density at radius 3 is 2.65 bits per heavy atom. The highest BCUT2D eigenvalue weighted by molar-refractivity contribution is 6.02. The molecule has 1 N–H and O–H groups in total. The summed E-state index contributed by atoms with van der Waals surface area (Å²) in [5.74, 6) is 1.88. The third kappa shape index (κ3) is 5.06. The molecular weight excluding hydrogens is 426 g/mol. The molecule has 2 aromatic rings. The van der Waals surface area contributed by atoms with Crippen molar-refractivity contribution in [2.75, 3.05) is 6.61 Å². The summed E-state index contributed by atoms with van der Waals surface area (Å²) in [5.41, 5.74) is 6.63. The Balaban J connectivity index is 1.67. The zero-order chi connectivity index (χ0) is 24.4. The molecule has 1 aliphatic heterocycles. The number of allylic oxidation sites excluding steroid dienone is 2. The lowest BCUT2D eigenvalue weighted by atomic mass is 9.96. The van der Waals surface area contributed by atoms with Gasteiger partial charge in [-0.3, -0.25) is 4.79 Å². The normalized spacial score (nSPS) is 16.8. The summed E-state index contributed by atoms with van der Waals surface area (Å²) < 4.78 is 12.0. The molecule has 1 atom stereocenters. The second-order valence-corrected chi connectivity index (χ2v) is 9.36. The molecule has 0 saturated heterocycles. The third-order valence-electron chi connectivity index (χ3n) is 6.02. The van der Waals surface area contributed by atoms with Crippen LogP contribution in [0.25, 0.3) is 11.6 Å². The molecule has 0 saturated carbocycles. The highest BCUT2D eigenvalue weighted by Crippen LogP contribution is 2.35. The number of hydrogen-bond acceptors (Lipinski definition) is 5. The number of nitrogens with one attached hydrogen (secondary N) is 1. The third-order valence-corrected chi connectivity index (χ3v) is 6.02. The summed E-state index contributed by atoms with van der Waals surface area (Å²) >= 11 is 0. The number of aromatic nitrogens is 1. The van der Waals surface area contributed by atoms with Crippen LogP contribution in [-0.2, 0) is 9.53 Å². The van der Waals surface area contributed by atoms with Crippen LogP contribution in [0.4, 0.5) is 0 Å². The number of amides is 1. The van der Waals surface area contributed by atoms with Gasteiger partial charge in [0, 0.05) is 29.2 Å². The Labute approximate surface area is 201 Å². The predicted molar refractivity (Wildman–Crippen MR) is 136 cm³/mol. The summed E-state index contributed by atoms with van der Waals surface area (Å²) in [4.78, 5) is 22.5. The fraction of sp³-hybridized carbons (Fsp3) is 0.393. The SMILES string of the molecule is CC1=CCCOC(C(C)NC(=O)C2=Cc3nc(C(C)C)oc3C(c3ccc(C)cc3C)=CC2)=N1. The smallest absolute Gasteiger partial charge is 0.248 e. The molecule has 1 aromatic carbocycles. The standard InChI is InChI=1S/C28H33N3O3/c1-16(2)27-31-24-15-21(26(32)30-20(6)28-29-19(5)8-7-13-33-28)10-12-23(25(24)34-27)22-11-9-17(3)14-18(22)4/h8-9,11-12,14-16,20H,7,10,13H2,1-6H3,(H,30,32). The van der Waals surface area contributed by atoms with E-state index in [-0.39, 0.29) is 17.9 Å². The maximum atomic E-state index is 13.3. The van der Waals surface area contributed by atoms with Crippen molar-refractivity contribution in [1.29, 1.82) is 0 Å². The van der Waals surface area contributed by atoms with Crippen LogP contribution in [0.15, 0.2) is 51.0 Å².